The minimum absolute atomic E-state index is 0.0680. The van der Waals surface area contributed by atoms with Gasteiger partial charge in [-0.15, -0.1) is 0 Å². The molecule has 0 bridgehead atoms. The number of nitrogens with one attached hydrogen (secondary N) is 1. The van der Waals surface area contributed by atoms with Crippen molar-refractivity contribution in [2.75, 3.05) is 32.8 Å². The molecule has 1 fully saturated rings. The highest BCUT2D eigenvalue weighted by Gasteiger charge is 2.59. The zero-order chi connectivity index (χ0) is 45.4. The van der Waals surface area contributed by atoms with Crippen LogP contribution >= 0.6 is 8.53 Å². The van der Waals surface area contributed by atoms with Gasteiger partial charge in [-0.25, -0.2) is 24.0 Å². The summed E-state index contributed by atoms with van der Waals surface area (Å²) in [6.07, 6.45) is -0.917. The molecule has 14 nitrogen and oxygen atoms in total. The van der Waals surface area contributed by atoms with Crippen LogP contribution < -0.4 is 14.8 Å². The monoisotopic (exact) mass is 889 g/mol. The van der Waals surface area contributed by atoms with E-state index in [0.717, 1.165) is 16.7 Å². The van der Waals surface area contributed by atoms with Crippen molar-refractivity contribution in [1.82, 2.24) is 24.2 Å². The first-order valence-corrected chi connectivity index (χ1v) is 22.2. The van der Waals surface area contributed by atoms with E-state index < -0.39 is 44.1 Å². The van der Waals surface area contributed by atoms with E-state index in [2.05, 4.69) is 26.3 Å². The van der Waals surface area contributed by atoms with E-state index in [1.165, 1.54) is 24.1 Å². The standard InChI is InChI=1S/C48H53FN7O7P/c1-32(2)56(33(3)4)64(61-28-14-27-50)63-42-40(62-46(47(42,5)49)55-31-53-41-43(51-30-52-44(41)55)54-45(57)34-15-10-8-11-16-34)29-60-48(35-17-12-9-13-18-35,36-19-23-38(58-6)24-20-36)37-21-25-39(59-7)26-22-37/h8-13,15-26,30-33,40,42,46H,14,28-29H2,1-7H3,(H,51,52,54,57)/t40-,42-,46-,47?,64?/m1/s1. The maximum Gasteiger partial charge on any atom is 0.259 e. The number of carbonyl (C=O) groups excluding carboxylic acids is 1. The van der Waals surface area contributed by atoms with E-state index in [4.69, 9.17) is 28.0 Å². The van der Waals surface area contributed by atoms with E-state index in [-0.39, 0.29) is 48.7 Å². The highest BCUT2D eigenvalue weighted by atomic mass is 31.2. The van der Waals surface area contributed by atoms with E-state index in [0.29, 0.717) is 17.1 Å². The van der Waals surface area contributed by atoms with Crippen molar-refractivity contribution in [3.05, 3.63) is 144 Å². The van der Waals surface area contributed by atoms with Crippen molar-refractivity contribution in [1.29, 1.82) is 5.26 Å². The highest BCUT2D eigenvalue weighted by molar-refractivity contribution is 7.44. The van der Waals surface area contributed by atoms with Gasteiger partial charge in [-0.2, -0.15) is 5.26 Å². The minimum Gasteiger partial charge on any atom is -0.497 e. The molecule has 6 aromatic rings. The topological polar surface area (TPSA) is 155 Å². The Morgan fingerprint density at radius 1 is 0.891 bits per heavy atom. The Morgan fingerprint density at radius 2 is 1.47 bits per heavy atom. The van der Waals surface area contributed by atoms with Crippen LogP contribution in [0.3, 0.4) is 0 Å². The Labute approximate surface area is 374 Å². The van der Waals surface area contributed by atoms with Gasteiger partial charge < -0.3 is 33.3 Å². The smallest absolute Gasteiger partial charge is 0.259 e. The molecule has 1 aliphatic rings. The van der Waals surface area contributed by atoms with Crippen LogP contribution in [-0.2, 0) is 24.1 Å². The van der Waals surface area contributed by atoms with Crippen molar-refractivity contribution >= 4 is 31.4 Å². The molecule has 3 heterocycles. The maximum atomic E-state index is 18.4. The fraction of sp³-hybridized carbons (Fsp3) is 0.354. The van der Waals surface area contributed by atoms with Gasteiger partial charge in [-0.05, 0) is 87.7 Å². The molecular weight excluding hydrogens is 837 g/mol. The van der Waals surface area contributed by atoms with Crippen molar-refractivity contribution in [2.45, 2.75) is 82.8 Å². The van der Waals surface area contributed by atoms with Crippen molar-refractivity contribution in [3.63, 3.8) is 0 Å². The third-order valence-corrected chi connectivity index (χ3v) is 13.2. The Bertz CT molecular complexity index is 2450. The average molecular weight is 890 g/mol. The first kappa shape index (κ1) is 46.2. The number of anilines is 1. The van der Waals surface area contributed by atoms with Gasteiger partial charge in [-0.1, -0.05) is 72.8 Å². The summed E-state index contributed by atoms with van der Waals surface area (Å²) in [5, 5.41) is 12.3. The van der Waals surface area contributed by atoms with Crippen LogP contribution in [0.5, 0.6) is 11.5 Å². The molecule has 1 amide bonds. The highest BCUT2D eigenvalue weighted by Crippen LogP contribution is 2.54. The number of hydrogen-bond acceptors (Lipinski definition) is 12. The van der Waals surface area contributed by atoms with Crippen LogP contribution in [0.2, 0.25) is 0 Å². The predicted molar refractivity (Wildman–Crippen MR) is 241 cm³/mol. The van der Waals surface area contributed by atoms with Gasteiger partial charge in [-0.3, -0.25) is 9.36 Å². The normalized spacial score (nSPS) is 19.2. The summed E-state index contributed by atoms with van der Waals surface area (Å²) in [7, 11) is 1.26. The number of fused-ring (bicyclic) bond motifs is 1. The van der Waals surface area contributed by atoms with Gasteiger partial charge in [0.1, 0.15) is 35.6 Å². The fourth-order valence-corrected chi connectivity index (χ4v) is 9.91. The average Bonchev–Trinajstić information content (AvgIpc) is 3.84. The Morgan fingerprint density at radius 3 is 2.03 bits per heavy atom. The lowest BCUT2D eigenvalue weighted by molar-refractivity contribution is -0.0939. The molecule has 4 aromatic carbocycles. The number of rotatable bonds is 19. The van der Waals surface area contributed by atoms with Crippen LogP contribution in [-0.4, -0.2) is 87.5 Å². The number of nitrogens with zero attached hydrogens (tertiary/aromatic N) is 6. The quantitative estimate of drug-likeness (QED) is 0.0468. The number of alkyl halides is 1. The molecule has 2 aromatic heterocycles. The molecule has 0 saturated carbocycles. The number of nitriles is 1. The predicted octanol–water partition coefficient (Wildman–Crippen LogP) is 9.39. The van der Waals surface area contributed by atoms with E-state index in [1.54, 1.807) is 38.5 Å². The summed E-state index contributed by atoms with van der Waals surface area (Å²) < 4.78 is 60.4. The summed E-state index contributed by atoms with van der Waals surface area (Å²) >= 11 is 0. The molecule has 334 valence electrons. The summed E-state index contributed by atoms with van der Waals surface area (Å²) in [6.45, 7) is 9.36. The van der Waals surface area contributed by atoms with E-state index in [9.17, 15) is 10.1 Å². The molecule has 0 spiro atoms. The number of aromatic nitrogens is 4. The van der Waals surface area contributed by atoms with Crippen LogP contribution in [0.1, 0.15) is 74.3 Å². The van der Waals surface area contributed by atoms with E-state index in [1.807, 2.05) is 117 Å². The largest absolute Gasteiger partial charge is 0.497 e. The fourth-order valence-electron chi connectivity index (χ4n) is 8.07. The first-order chi connectivity index (χ1) is 30.9. The SMILES string of the molecule is COc1ccc(C(OC[C@H]2O[C@@H](n3cnc4c(NC(=O)c5ccccc5)ncnc43)C(C)(F)[C@@H]2OP(OCCC#N)N(C(C)C)C(C)C)(c2ccccc2)c2ccc(OC)cc2)cc1. The first-order valence-electron chi connectivity index (χ1n) is 21.0. The lowest BCUT2D eigenvalue weighted by Crippen LogP contribution is -2.45. The third-order valence-electron chi connectivity index (χ3n) is 11.1. The van der Waals surface area contributed by atoms with Crippen molar-refractivity contribution in [3.8, 4) is 17.6 Å². The number of ether oxygens (including phenoxy) is 4. The van der Waals surface area contributed by atoms with Gasteiger partial charge in [0.05, 0.1) is 46.3 Å². The van der Waals surface area contributed by atoms with Crippen molar-refractivity contribution < 1.29 is 37.2 Å². The minimum atomic E-state index is -2.28. The Kier molecular flexibility index (Phi) is 14.7. The van der Waals surface area contributed by atoms with Gasteiger partial charge in [0.25, 0.3) is 14.4 Å². The summed E-state index contributed by atoms with van der Waals surface area (Å²) in [6, 6.07) is 35.7. The second-order valence-electron chi connectivity index (χ2n) is 15.9. The molecule has 1 N–H and O–H groups in total. The Hall–Kier alpha value is -5.85. The third kappa shape index (κ3) is 9.49. The lowest BCUT2D eigenvalue weighted by atomic mass is 9.80. The molecule has 16 heteroatoms. The Balaban J connectivity index is 1.33. The van der Waals surface area contributed by atoms with Crippen LogP contribution in [0.25, 0.3) is 11.2 Å². The number of amides is 1. The van der Waals surface area contributed by atoms with E-state index >= 15 is 4.39 Å². The van der Waals surface area contributed by atoms with Gasteiger partial charge >= 0.3 is 0 Å². The maximum absolute atomic E-state index is 18.4. The van der Waals surface area contributed by atoms with Gasteiger partial charge in [0.2, 0.25) is 0 Å². The molecule has 0 aliphatic carbocycles. The molecule has 5 atom stereocenters. The zero-order valence-electron chi connectivity index (χ0n) is 36.9. The summed E-state index contributed by atoms with van der Waals surface area (Å²) in [5.41, 5.74) is -0.322. The van der Waals surface area contributed by atoms with Crippen molar-refractivity contribution in [2.24, 2.45) is 0 Å². The number of imidazole rings is 1. The molecule has 64 heavy (non-hydrogen) atoms. The second kappa shape index (κ2) is 20.3. The molecule has 1 aliphatic heterocycles. The summed E-state index contributed by atoms with van der Waals surface area (Å²) in [5.74, 6) is 1.07. The zero-order valence-corrected chi connectivity index (χ0v) is 37.8. The number of benzene rings is 4. The molecule has 0 radical (unpaired) electrons. The number of carbonyl (C=O) groups is 1. The van der Waals surface area contributed by atoms with Crippen LogP contribution in [0.4, 0.5) is 10.2 Å². The molecular formula is C48H53FN7O7P. The molecule has 2 unspecified atom stereocenters. The van der Waals surface area contributed by atoms with Gasteiger partial charge in [0, 0.05) is 17.6 Å². The number of halogens is 1. The molecule has 1 saturated heterocycles. The number of methoxy groups -OCH3 is 2. The molecule has 7 rings (SSSR count). The summed E-state index contributed by atoms with van der Waals surface area (Å²) in [4.78, 5) is 26.6. The van der Waals surface area contributed by atoms with Crippen LogP contribution in [0.15, 0.2) is 122 Å². The lowest BCUT2D eigenvalue weighted by Gasteiger charge is -2.40. The van der Waals surface area contributed by atoms with Crippen LogP contribution in [0, 0.1) is 11.3 Å². The second-order valence-corrected chi connectivity index (χ2v) is 17.3. The number of hydrogen-bond donors (Lipinski definition) is 1. The van der Waals surface area contributed by atoms with Gasteiger partial charge in [0.15, 0.2) is 28.9 Å².